The topological polar surface area (TPSA) is 105 Å². The lowest BCUT2D eigenvalue weighted by Crippen LogP contribution is -2.38. The van der Waals surface area contributed by atoms with Crippen LogP contribution in [0.4, 0.5) is 14.5 Å². The van der Waals surface area contributed by atoms with Crippen molar-refractivity contribution in [3.63, 3.8) is 0 Å². The number of aryl methyl sites for hydroxylation is 2. The highest BCUT2D eigenvalue weighted by Crippen LogP contribution is 2.23. The molecular formula is C25H31F2N5O4S. The van der Waals surface area contributed by atoms with Gasteiger partial charge in [0.1, 0.15) is 23.1 Å². The number of carbonyl (C=O) groups is 2. The summed E-state index contributed by atoms with van der Waals surface area (Å²) < 4.78 is 56.5. The molecule has 0 atom stereocenters. The molecule has 0 aliphatic carbocycles. The zero-order valence-corrected chi connectivity index (χ0v) is 22.1. The van der Waals surface area contributed by atoms with Crippen LogP contribution >= 0.6 is 0 Å². The van der Waals surface area contributed by atoms with E-state index in [4.69, 9.17) is 0 Å². The quantitative estimate of drug-likeness (QED) is 0.406. The van der Waals surface area contributed by atoms with Gasteiger partial charge in [-0.25, -0.2) is 22.2 Å². The van der Waals surface area contributed by atoms with E-state index in [0.717, 1.165) is 17.6 Å². The van der Waals surface area contributed by atoms with Gasteiger partial charge in [0, 0.05) is 39.5 Å². The number of anilines is 1. The van der Waals surface area contributed by atoms with Crippen LogP contribution in [-0.2, 0) is 33.1 Å². The fourth-order valence-corrected chi connectivity index (χ4v) is 5.53. The summed E-state index contributed by atoms with van der Waals surface area (Å²) >= 11 is 0. The zero-order chi connectivity index (χ0) is 27.3. The number of sulfonamides is 1. The first-order chi connectivity index (χ1) is 17.5. The number of halogens is 2. The van der Waals surface area contributed by atoms with Gasteiger partial charge in [0.25, 0.3) is 0 Å². The van der Waals surface area contributed by atoms with E-state index < -0.39 is 33.3 Å². The van der Waals surface area contributed by atoms with E-state index in [-0.39, 0.29) is 36.7 Å². The SMILES string of the molecule is CCN(CC(=O)Nc1c(F)cccc1F)C(=O)CCc1nc2cc(S(=O)(=O)N(CC)CC)ccc2n1C. The number of hydrogen-bond acceptors (Lipinski definition) is 5. The second-order valence-corrected chi connectivity index (χ2v) is 10.3. The number of para-hydroxylation sites is 1. The molecule has 1 aromatic heterocycles. The Labute approximate surface area is 215 Å². The summed E-state index contributed by atoms with van der Waals surface area (Å²) in [6.45, 7) is 5.82. The highest BCUT2D eigenvalue weighted by atomic mass is 32.2. The maximum atomic E-state index is 13.8. The number of fused-ring (bicyclic) bond motifs is 1. The molecule has 3 aromatic rings. The minimum absolute atomic E-state index is 0.0386. The number of likely N-dealkylation sites (N-methyl/N-ethyl adjacent to an activating group) is 1. The van der Waals surface area contributed by atoms with E-state index in [2.05, 4.69) is 10.3 Å². The molecule has 0 bridgehead atoms. The first-order valence-corrected chi connectivity index (χ1v) is 13.4. The summed E-state index contributed by atoms with van der Waals surface area (Å²) in [6.07, 6.45) is 0.291. The molecular weight excluding hydrogens is 504 g/mol. The van der Waals surface area contributed by atoms with Crippen LogP contribution in [0.25, 0.3) is 11.0 Å². The molecule has 0 fully saturated rings. The Kier molecular flexibility index (Phi) is 8.98. The van der Waals surface area contributed by atoms with E-state index >= 15 is 0 Å². The molecule has 2 amide bonds. The van der Waals surface area contributed by atoms with Crippen molar-refractivity contribution < 1.29 is 26.8 Å². The Morgan fingerprint density at radius 3 is 2.27 bits per heavy atom. The van der Waals surface area contributed by atoms with Crippen LogP contribution in [0.2, 0.25) is 0 Å². The van der Waals surface area contributed by atoms with Gasteiger partial charge in [0.2, 0.25) is 21.8 Å². The lowest BCUT2D eigenvalue weighted by molar-refractivity contribution is -0.134. The Morgan fingerprint density at radius 2 is 1.68 bits per heavy atom. The maximum absolute atomic E-state index is 13.8. The van der Waals surface area contributed by atoms with Crippen molar-refractivity contribution >= 4 is 38.6 Å². The van der Waals surface area contributed by atoms with E-state index in [1.807, 2.05) is 0 Å². The van der Waals surface area contributed by atoms with Crippen molar-refractivity contribution in [1.82, 2.24) is 18.8 Å². The second-order valence-electron chi connectivity index (χ2n) is 8.38. The van der Waals surface area contributed by atoms with Crippen LogP contribution in [0.15, 0.2) is 41.3 Å². The van der Waals surface area contributed by atoms with E-state index in [0.29, 0.717) is 24.4 Å². The van der Waals surface area contributed by atoms with Crippen LogP contribution in [0.5, 0.6) is 0 Å². The third kappa shape index (κ3) is 6.13. The molecule has 0 saturated heterocycles. The van der Waals surface area contributed by atoms with Crippen molar-refractivity contribution in [3.05, 3.63) is 53.9 Å². The first kappa shape index (κ1) is 28.2. The van der Waals surface area contributed by atoms with E-state index in [1.165, 1.54) is 21.3 Å². The highest BCUT2D eigenvalue weighted by molar-refractivity contribution is 7.89. The summed E-state index contributed by atoms with van der Waals surface area (Å²) in [6, 6.07) is 8.00. The zero-order valence-electron chi connectivity index (χ0n) is 21.3. The smallest absolute Gasteiger partial charge is 0.244 e. The molecule has 0 unspecified atom stereocenters. The number of hydrogen-bond donors (Lipinski definition) is 1. The predicted molar refractivity (Wildman–Crippen MR) is 136 cm³/mol. The largest absolute Gasteiger partial charge is 0.334 e. The normalized spacial score (nSPS) is 11.8. The molecule has 3 rings (SSSR count). The molecule has 9 nitrogen and oxygen atoms in total. The van der Waals surface area contributed by atoms with Crippen LogP contribution < -0.4 is 5.32 Å². The molecule has 1 heterocycles. The highest BCUT2D eigenvalue weighted by Gasteiger charge is 2.23. The van der Waals surface area contributed by atoms with E-state index in [1.54, 1.807) is 44.5 Å². The lowest BCUT2D eigenvalue weighted by Gasteiger charge is -2.20. The van der Waals surface area contributed by atoms with Crippen LogP contribution in [0.1, 0.15) is 33.0 Å². The van der Waals surface area contributed by atoms with Gasteiger partial charge in [-0.15, -0.1) is 0 Å². The Balaban J connectivity index is 1.70. The van der Waals surface area contributed by atoms with Crippen LogP contribution in [-0.4, -0.2) is 65.2 Å². The Hall–Kier alpha value is -3.38. The predicted octanol–water partition coefficient (Wildman–Crippen LogP) is 3.30. The van der Waals surface area contributed by atoms with Gasteiger partial charge in [-0.3, -0.25) is 9.59 Å². The molecule has 200 valence electrons. The molecule has 0 aliphatic rings. The minimum Gasteiger partial charge on any atom is -0.334 e. The molecule has 0 spiro atoms. The van der Waals surface area contributed by atoms with Gasteiger partial charge in [-0.2, -0.15) is 4.31 Å². The van der Waals surface area contributed by atoms with Gasteiger partial charge in [0.05, 0.1) is 22.5 Å². The number of nitrogens with zero attached hydrogens (tertiary/aromatic N) is 4. The Morgan fingerprint density at radius 1 is 1.03 bits per heavy atom. The molecule has 37 heavy (non-hydrogen) atoms. The molecule has 0 aliphatic heterocycles. The van der Waals surface area contributed by atoms with Crippen molar-refractivity contribution in [1.29, 1.82) is 0 Å². The van der Waals surface area contributed by atoms with Gasteiger partial charge in [0.15, 0.2) is 0 Å². The number of amides is 2. The summed E-state index contributed by atoms with van der Waals surface area (Å²) in [7, 11) is -1.86. The van der Waals surface area contributed by atoms with Crippen molar-refractivity contribution in [3.8, 4) is 0 Å². The summed E-state index contributed by atoms with van der Waals surface area (Å²) in [5.41, 5.74) is 0.662. The van der Waals surface area contributed by atoms with Gasteiger partial charge >= 0.3 is 0 Å². The second kappa shape index (κ2) is 11.8. The number of imidazole rings is 1. The third-order valence-corrected chi connectivity index (χ3v) is 8.19. The van der Waals surface area contributed by atoms with Gasteiger partial charge in [-0.05, 0) is 37.3 Å². The molecule has 0 radical (unpaired) electrons. The van der Waals surface area contributed by atoms with Crippen LogP contribution in [0.3, 0.4) is 0 Å². The van der Waals surface area contributed by atoms with Crippen molar-refractivity contribution in [2.45, 2.75) is 38.5 Å². The van der Waals surface area contributed by atoms with Gasteiger partial charge in [-0.1, -0.05) is 19.9 Å². The fraction of sp³-hybridized carbons (Fsp3) is 0.400. The lowest BCUT2D eigenvalue weighted by atomic mass is 10.2. The summed E-state index contributed by atoms with van der Waals surface area (Å²) in [4.78, 5) is 31.1. The standard InChI is InChI=1S/C25H31F2N5O4S/c1-5-31(16-23(33)29-25-18(26)9-8-10-19(25)27)24(34)14-13-22-28-20-15-17(11-12-21(20)30(22)4)37(35,36)32(6-2)7-3/h8-12,15H,5-7,13-14,16H2,1-4H3,(H,29,33). The third-order valence-electron chi connectivity index (χ3n) is 6.15. The fourth-order valence-electron chi connectivity index (χ4n) is 4.05. The molecule has 1 N–H and O–H groups in total. The number of benzene rings is 2. The monoisotopic (exact) mass is 535 g/mol. The summed E-state index contributed by atoms with van der Waals surface area (Å²) in [5.74, 6) is -2.28. The van der Waals surface area contributed by atoms with E-state index in [9.17, 15) is 26.8 Å². The number of carbonyl (C=O) groups excluding carboxylic acids is 2. The first-order valence-electron chi connectivity index (χ1n) is 12.0. The number of rotatable bonds is 11. The van der Waals surface area contributed by atoms with Crippen molar-refractivity contribution in [2.24, 2.45) is 7.05 Å². The van der Waals surface area contributed by atoms with Crippen molar-refractivity contribution in [2.75, 3.05) is 31.5 Å². The number of nitrogens with one attached hydrogen (secondary N) is 1. The van der Waals surface area contributed by atoms with Gasteiger partial charge < -0.3 is 14.8 Å². The molecule has 2 aromatic carbocycles. The average molecular weight is 536 g/mol. The average Bonchev–Trinajstić information content (AvgIpc) is 3.18. The van der Waals surface area contributed by atoms with Crippen LogP contribution in [0, 0.1) is 11.6 Å². The molecule has 12 heteroatoms. The minimum atomic E-state index is -3.64. The summed E-state index contributed by atoms with van der Waals surface area (Å²) in [5, 5.41) is 2.18. The number of aromatic nitrogens is 2. The maximum Gasteiger partial charge on any atom is 0.244 e. The Bertz CT molecular complexity index is 1380. The molecule has 0 saturated carbocycles.